The molecule has 0 aromatic heterocycles. The number of benzene rings is 2. The van der Waals surface area contributed by atoms with Crippen molar-refractivity contribution in [3.8, 4) is 0 Å². The third-order valence-corrected chi connectivity index (χ3v) is 4.06. The van der Waals surface area contributed by atoms with Crippen LogP contribution in [0.4, 0.5) is 10.1 Å². The Morgan fingerprint density at radius 3 is 2.48 bits per heavy atom. The monoisotopic (exact) mass is 336 g/mol. The molecule has 0 amide bonds. The molecule has 0 saturated heterocycles. The third-order valence-electron chi connectivity index (χ3n) is 4.06. The van der Waals surface area contributed by atoms with Crippen molar-refractivity contribution in [1.82, 2.24) is 4.90 Å². The van der Waals surface area contributed by atoms with Gasteiger partial charge in [0.15, 0.2) is 0 Å². The molecule has 2 aromatic carbocycles. The first kappa shape index (κ1) is 17.7. The van der Waals surface area contributed by atoms with Crippen LogP contribution in [0.2, 0.25) is 0 Å². The van der Waals surface area contributed by atoms with Crippen molar-refractivity contribution >= 4 is 18.1 Å². The molecule has 2 aromatic rings. The number of nitrogen functional groups attached to an aromatic ring is 1. The van der Waals surface area contributed by atoms with E-state index in [0.717, 1.165) is 23.4 Å². The summed E-state index contributed by atoms with van der Waals surface area (Å²) in [5.41, 5.74) is 8.49. The lowest BCUT2D eigenvalue weighted by Crippen LogP contribution is -2.30. The summed E-state index contributed by atoms with van der Waals surface area (Å²) in [6.07, 6.45) is 1.72. The summed E-state index contributed by atoms with van der Waals surface area (Å²) in [5, 5.41) is 10.4. The lowest BCUT2D eigenvalue weighted by atomic mass is 10.1. The molecule has 0 spiro atoms. The summed E-state index contributed by atoms with van der Waals surface area (Å²) in [4.78, 5) is 2.28. The topological polar surface area (TPSA) is 49.5 Å². The second-order valence-corrected chi connectivity index (χ2v) is 5.97. The first-order valence-electron chi connectivity index (χ1n) is 7.64. The van der Waals surface area contributed by atoms with Crippen LogP contribution >= 0.6 is 12.4 Å². The van der Waals surface area contributed by atoms with E-state index in [4.69, 9.17) is 5.73 Å². The van der Waals surface area contributed by atoms with Gasteiger partial charge in [0.25, 0.3) is 0 Å². The van der Waals surface area contributed by atoms with E-state index in [-0.39, 0.29) is 18.2 Å². The molecule has 0 radical (unpaired) electrons. The first-order chi connectivity index (χ1) is 10.6. The van der Waals surface area contributed by atoms with Gasteiger partial charge in [0, 0.05) is 24.8 Å². The van der Waals surface area contributed by atoms with Gasteiger partial charge in [-0.25, -0.2) is 4.39 Å². The van der Waals surface area contributed by atoms with E-state index in [1.54, 1.807) is 12.1 Å². The molecular weight excluding hydrogens is 315 g/mol. The highest BCUT2D eigenvalue weighted by molar-refractivity contribution is 5.85. The maximum Gasteiger partial charge on any atom is 0.123 e. The fraction of sp³-hybridized carbons (Fsp3) is 0.333. The summed E-state index contributed by atoms with van der Waals surface area (Å²) in [5.74, 6) is -0.283. The second-order valence-electron chi connectivity index (χ2n) is 5.97. The molecular formula is C18H22ClFN2O. The molecule has 1 fully saturated rings. The lowest BCUT2D eigenvalue weighted by Gasteiger charge is -2.25. The highest BCUT2D eigenvalue weighted by atomic mass is 35.5. The van der Waals surface area contributed by atoms with Crippen LogP contribution in [0.5, 0.6) is 0 Å². The quantitative estimate of drug-likeness (QED) is 0.793. The molecule has 3 N–H and O–H groups in total. The predicted molar refractivity (Wildman–Crippen MR) is 92.9 cm³/mol. The van der Waals surface area contributed by atoms with Crippen molar-refractivity contribution in [2.45, 2.75) is 31.5 Å². The largest absolute Gasteiger partial charge is 0.399 e. The summed E-state index contributed by atoms with van der Waals surface area (Å²) in [6, 6.07) is 14.4. The molecule has 1 aliphatic rings. The lowest BCUT2D eigenvalue weighted by molar-refractivity contribution is 0.104. The Hall–Kier alpha value is -1.62. The molecule has 23 heavy (non-hydrogen) atoms. The Bertz CT molecular complexity index is 631. The first-order valence-corrected chi connectivity index (χ1v) is 7.64. The van der Waals surface area contributed by atoms with Gasteiger partial charge in [-0.05, 0) is 48.2 Å². The zero-order valence-electron chi connectivity index (χ0n) is 12.9. The van der Waals surface area contributed by atoms with Crippen molar-refractivity contribution in [2.75, 3.05) is 12.3 Å². The minimum absolute atomic E-state index is 0. The van der Waals surface area contributed by atoms with Crippen molar-refractivity contribution in [3.63, 3.8) is 0 Å². The van der Waals surface area contributed by atoms with E-state index in [9.17, 15) is 9.50 Å². The Morgan fingerprint density at radius 1 is 1.17 bits per heavy atom. The smallest absolute Gasteiger partial charge is 0.123 e. The Balaban J connectivity index is 0.00000192. The van der Waals surface area contributed by atoms with Gasteiger partial charge in [-0.3, -0.25) is 4.90 Å². The van der Waals surface area contributed by atoms with E-state index in [2.05, 4.69) is 11.0 Å². The molecule has 1 unspecified atom stereocenters. The van der Waals surface area contributed by atoms with Gasteiger partial charge >= 0.3 is 0 Å². The predicted octanol–water partition coefficient (Wildman–Crippen LogP) is 3.53. The van der Waals surface area contributed by atoms with Crippen LogP contribution in [-0.2, 0) is 6.54 Å². The van der Waals surface area contributed by atoms with Crippen molar-refractivity contribution in [3.05, 3.63) is 65.5 Å². The van der Waals surface area contributed by atoms with Crippen LogP contribution in [0.3, 0.4) is 0 Å². The maximum absolute atomic E-state index is 13.0. The number of hydrogen-bond donors (Lipinski definition) is 2. The van der Waals surface area contributed by atoms with E-state index in [1.165, 1.54) is 25.0 Å². The zero-order valence-corrected chi connectivity index (χ0v) is 13.7. The average molecular weight is 337 g/mol. The van der Waals surface area contributed by atoms with Crippen molar-refractivity contribution in [2.24, 2.45) is 0 Å². The molecule has 1 saturated carbocycles. The Morgan fingerprint density at radius 2 is 1.87 bits per heavy atom. The average Bonchev–Trinajstić information content (AvgIpc) is 3.32. The van der Waals surface area contributed by atoms with Crippen LogP contribution in [0, 0.1) is 5.82 Å². The van der Waals surface area contributed by atoms with Crippen LogP contribution in [-0.4, -0.2) is 22.6 Å². The highest BCUT2D eigenvalue weighted by Gasteiger charge is 2.30. The van der Waals surface area contributed by atoms with Crippen molar-refractivity contribution in [1.29, 1.82) is 0 Å². The fourth-order valence-corrected chi connectivity index (χ4v) is 2.72. The summed E-state index contributed by atoms with van der Waals surface area (Å²) < 4.78 is 13.0. The highest BCUT2D eigenvalue weighted by Crippen LogP contribution is 2.30. The van der Waals surface area contributed by atoms with Gasteiger partial charge in [-0.1, -0.05) is 24.3 Å². The maximum atomic E-state index is 13.0. The standard InChI is InChI=1S/C18H21FN2O.ClH/c19-15-6-4-14(5-7-15)18(22)12-21(17-8-9-17)11-13-2-1-3-16(20)10-13;/h1-7,10,17-18,22H,8-9,11-12,20H2;1H. The van der Waals surface area contributed by atoms with Gasteiger partial charge in [0.1, 0.15) is 5.82 Å². The van der Waals surface area contributed by atoms with Crippen LogP contribution in [0.1, 0.15) is 30.1 Å². The second kappa shape index (κ2) is 7.77. The number of rotatable bonds is 6. The van der Waals surface area contributed by atoms with E-state index >= 15 is 0 Å². The van der Waals surface area contributed by atoms with Gasteiger partial charge in [-0.2, -0.15) is 0 Å². The SMILES string of the molecule is Cl.Nc1cccc(CN(CC(O)c2ccc(F)cc2)C2CC2)c1. The van der Waals surface area contributed by atoms with Gasteiger partial charge < -0.3 is 10.8 Å². The number of aliphatic hydroxyl groups excluding tert-OH is 1. The van der Waals surface area contributed by atoms with Gasteiger partial charge in [-0.15, -0.1) is 12.4 Å². The Kier molecular flexibility index (Phi) is 5.99. The molecule has 3 nitrogen and oxygen atoms in total. The zero-order chi connectivity index (χ0) is 15.5. The van der Waals surface area contributed by atoms with Crippen molar-refractivity contribution < 1.29 is 9.50 Å². The van der Waals surface area contributed by atoms with E-state index < -0.39 is 6.10 Å². The number of hydrogen-bond acceptors (Lipinski definition) is 3. The number of halogens is 2. The van der Waals surface area contributed by atoms with Gasteiger partial charge in [0.2, 0.25) is 0 Å². The number of nitrogens with zero attached hydrogens (tertiary/aromatic N) is 1. The summed E-state index contributed by atoms with van der Waals surface area (Å²) in [7, 11) is 0. The van der Waals surface area contributed by atoms with E-state index in [0.29, 0.717) is 12.6 Å². The minimum atomic E-state index is -0.609. The fourth-order valence-electron chi connectivity index (χ4n) is 2.72. The van der Waals surface area contributed by atoms with E-state index in [1.807, 2.05) is 18.2 Å². The molecule has 0 heterocycles. The summed E-state index contributed by atoms with van der Waals surface area (Å²) >= 11 is 0. The van der Waals surface area contributed by atoms with Gasteiger partial charge in [0.05, 0.1) is 6.10 Å². The number of anilines is 1. The molecule has 0 bridgehead atoms. The summed E-state index contributed by atoms with van der Waals surface area (Å²) in [6.45, 7) is 1.32. The molecule has 3 rings (SSSR count). The number of nitrogens with two attached hydrogens (primary N) is 1. The molecule has 0 aliphatic heterocycles. The minimum Gasteiger partial charge on any atom is -0.399 e. The third kappa shape index (κ3) is 4.93. The molecule has 1 aliphatic carbocycles. The molecule has 124 valence electrons. The molecule has 1 atom stereocenters. The number of aliphatic hydroxyl groups is 1. The molecule has 5 heteroatoms. The van der Waals surface area contributed by atoms with Crippen LogP contribution in [0.15, 0.2) is 48.5 Å². The van der Waals surface area contributed by atoms with Crippen LogP contribution in [0.25, 0.3) is 0 Å². The van der Waals surface area contributed by atoms with Crippen LogP contribution < -0.4 is 5.73 Å². The normalized spacial score (nSPS) is 15.3. The Labute approximate surface area is 142 Å².